The Kier molecular flexibility index (Phi) is 4.72. The van der Waals surface area contributed by atoms with E-state index in [2.05, 4.69) is 5.10 Å². The largest absolute Gasteiger partial charge is 0.465 e. The zero-order valence-electron chi connectivity index (χ0n) is 13.7. The van der Waals surface area contributed by atoms with Crippen molar-refractivity contribution in [1.29, 1.82) is 0 Å². The van der Waals surface area contributed by atoms with Crippen LogP contribution in [0.4, 0.5) is 4.79 Å². The quantitative estimate of drug-likeness (QED) is 0.837. The third-order valence-corrected chi connectivity index (χ3v) is 5.30. The smallest absolute Gasteiger partial charge is 0.407 e. The molecule has 1 amide bonds. The summed E-state index contributed by atoms with van der Waals surface area (Å²) in [4.78, 5) is 12.7. The second kappa shape index (κ2) is 6.12. The molecule has 1 fully saturated rings. The van der Waals surface area contributed by atoms with E-state index in [9.17, 15) is 18.3 Å². The van der Waals surface area contributed by atoms with Crippen molar-refractivity contribution in [2.24, 2.45) is 11.1 Å². The van der Waals surface area contributed by atoms with E-state index in [4.69, 9.17) is 5.14 Å². The molecular formula is C14H24N4O4S. The van der Waals surface area contributed by atoms with Crippen LogP contribution in [0.2, 0.25) is 0 Å². The van der Waals surface area contributed by atoms with E-state index in [1.54, 1.807) is 17.8 Å². The molecule has 9 heteroatoms. The number of carbonyl (C=O) groups is 1. The number of hydrogen-bond acceptors (Lipinski definition) is 4. The lowest BCUT2D eigenvalue weighted by atomic mass is 9.93. The van der Waals surface area contributed by atoms with Gasteiger partial charge < -0.3 is 10.0 Å². The number of aromatic nitrogens is 2. The summed E-state index contributed by atoms with van der Waals surface area (Å²) < 4.78 is 24.3. The maximum atomic E-state index is 11.4. The molecular weight excluding hydrogens is 320 g/mol. The van der Waals surface area contributed by atoms with Crippen LogP contribution in [0, 0.1) is 12.8 Å². The summed E-state index contributed by atoms with van der Waals surface area (Å²) in [5.41, 5.74) is 0.200. The lowest BCUT2D eigenvalue weighted by Gasteiger charge is -2.28. The molecule has 2 rings (SSSR count). The van der Waals surface area contributed by atoms with E-state index < -0.39 is 16.1 Å². The number of likely N-dealkylation sites (tertiary alicyclic amines) is 1. The Morgan fingerprint density at radius 3 is 2.65 bits per heavy atom. The number of carboxylic acid groups (broad SMARTS) is 1. The van der Waals surface area contributed by atoms with Gasteiger partial charge in [0.1, 0.15) is 0 Å². The van der Waals surface area contributed by atoms with Crippen molar-refractivity contribution < 1.29 is 18.3 Å². The average molecular weight is 344 g/mol. The number of nitrogens with two attached hydrogens (primary N) is 1. The minimum Gasteiger partial charge on any atom is -0.465 e. The zero-order chi connectivity index (χ0) is 17.4. The maximum absolute atomic E-state index is 11.4. The topological polar surface area (TPSA) is 119 Å². The summed E-state index contributed by atoms with van der Waals surface area (Å²) in [6, 6.07) is 0. The predicted octanol–water partition coefficient (Wildman–Crippen LogP) is 1.40. The van der Waals surface area contributed by atoms with Crippen molar-refractivity contribution >= 4 is 16.1 Å². The van der Waals surface area contributed by atoms with Crippen molar-refractivity contribution in [3.05, 3.63) is 11.8 Å². The molecule has 3 N–H and O–H groups in total. The Balaban J connectivity index is 1.91. The third-order valence-electron chi connectivity index (χ3n) is 4.36. The van der Waals surface area contributed by atoms with Crippen LogP contribution >= 0.6 is 0 Å². The fourth-order valence-electron chi connectivity index (χ4n) is 3.36. The zero-order valence-corrected chi connectivity index (χ0v) is 14.5. The highest BCUT2D eigenvalue weighted by Crippen LogP contribution is 2.34. The average Bonchev–Trinajstić information content (AvgIpc) is 2.89. The standard InChI is InChI=1S/C14H24N4O4S/c1-10-8-17(16-12(10)23(15,21)22)6-4-5-11-7-14(2,3)18(9-11)13(19)20/h8,11H,4-7,9H2,1-3H3,(H,19,20)(H2,15,21,22)/t11-/m0/s1. The molecule has 0 unspecified atom stereocenters. The highest BCUT2D eigenvalue weighted by Gasteiger charge is 2.40. The van der Waals surface area contributed by atoms with E-state index in [0.29, 0.717) is 24.6 Å². The fourth-order valence-corrected chi connectivity index (χ4v) is 4.08. The van der Waals surface area contributed by atoms with E-state index in [1.165, 1.54) is 4.90 Å². The van der Waals surface area contributed by atoms with E-state index in [1.807, 2.05) is 13.8 Å². The number of hydrogen-bond donors (Lipinski definition) is 2. The first kappa shape index (κ1) is 17.7. The van der Waals surface area contributed by atoms with Gasteiger partial charge in [-0.15, -0.1) is 0 Å². The third kappa shape index (κ3) is 4.03. The lowest BCUT2D eigenvalue weighted by molar-refractivity contribution is 0.117. The minimum absolute atomic E-state index is 0.0865. The molecule has 1 aromatic rings. The molecule has 0 aliphatic carbocycles. The van der Waals surface area contributed by atoms with Gasteiger partial charge in [0.25, 0.3) is 10.0 Å². The van der Waals surface area contributed by atoms with Gasteiger partial charge >= 0.3 is 6.09 Å². The van der Waals surface area contributed by atoms with Crippen LogP contribution in [0.1, 0.15) is 38.7 Å². The molecule has 130 valence electrons. The van der Waals surface area contributed by atoms with Gasteiger partial charge in [-0.25, -0.2) is 18.4 Å². The Bertz CT molecular complexity index is 696. The summed E-state index contributed by atoms with van der Waals surface area (Å²) in [5.74, 6) is 0.315. The highest BCUT2D eigenvalue weighted by atomic mass is 32.2. The molecule has 1 saturated heterocycles. The van der Waals surface area contributed by atoms with E-state index in [0.717, 1.165) is 19.3 Å². The predicted molar refractivity (Wildman–Crippen MR) is 84.5 cm³/mol. The monoisotopic (exact) mass is 344 g/mol. The van der Waals surface area contributed by atoms with Gasteiger partial charge in [-0.1, -0.05) is 0 Å². The molecule has 0 radical (unpaired) electrons. The Labute approximate surface area is 136 Å². The second-order valence-electron chi connectivity index (χ2n) is 6.84. The normalized spacial score (nSPS) is 20.9. The van der Waals surface area contributed by atoms with Gasteiger partial charge in [-0.3, -0.25) is 4.68 Å². The molecule has 23 heavy (non-hydrogen) atoms. The molecule has 0 bridgehead atoms. The number of sulfonamides is 1. The summed E-state index contributed by atoms with van der Waals surface area (Å²) in [6.07, 6.45) is 3.30. The number of amides is 1. The number of aryl methyl sites for hydroxylation is 2. The van der Waals surface area contributed by atoms with Gasteiger partial charge in [0.2, 0.25) is 0 Å². The molecule has 1 atom stereocenters. The molecule has 0 aromatic carbocycles. The lowest BCUT2D eigenvalue weighted by Crippen LogP contribution is -2.41. The summed E-state index contributed by atoms with van der Waals surface area (Å²) in [6.45, 7) is 6.67. The van der Waals surface area contributed by atoms with Crippen LogP contribution in [0.5, 0.6) is 0 Å². The molecule has 1 aliphatic rings. The summed E-state index contributed by atoms with van der Waals surface area (Å²) >= 11 is 0. The van der Waals surface area contributed by atoms with Crippen molar-refractivity contribution in [3.8, 4) is 0 Å². The number of nitrogens with zero attached hydrogens (tertiary/aromatic N) is 3. The van der Waals surface area contributed by atoms with Crippen LogP contribution in [0.25, 0.3) is 0 Å². The maximum Gasteiger partial charge on any atom is 0.407 e. The van der Waals surface area contributed by atoms with Crippen LogP contribution in [0.3, 0.4) is 0 Å². The van der Waals surface area contributed by atoms with Crippen LogP contribution < -0.4 is 5.14 Å². The SMILES string of the molecule is Cc1cn(CCC[C@@H]2CN(C(=O)O)C(C)(C)C2)nc1S(N)(=O)=O. The van der Waals surface area contributed by atoms with Gasteiger partial charge in [0.15, 0.2) is 5.03 Å². The van der Waals surface area contributed by atoms with Crippen molar-refractivity contribution in [2.45, 2.75) is 57.1 Å². The first-order valence-electron chi connectivity index (χ1n) is 7.58. The van der Waals surface area contributed by atoms with Crippen LogP contribution in [0.15, 0.2) is 11.2 Å². The van der Waals surface area contributed by atoms with E-state index in [-0.39, 0.29) is 10.6 Å². The van der Waals surface area contributed by atoms with Gasteiger partial charge in [0, 0.05) is 30.4 Å². The Morgan fingerprint density at radius 2 is 2.17 bits per heavy atom. The molecule has 2 heterocycles. The van der Waals surface area contributed by atoms with Gasteiger partial charge in [-0.05, 0) is 46.0 Å². The van der Waals surface area contributed by atoms with E-state index >= 15 is 0 Å². The highest BCUT2D eigenvalue weighted by molar-refractivity contribution is 7.89. The molecule has 1 aliphatic heterocycles. The Morgan fingerprint density at radius 1 is 1.52 bits per heavy atom. The second-order valence-corrected chi connectivity index (χ2v) is 8.32. The van der Waals surface area contributed by atoms with Gasteiger partial charge in [0.05, 0.1) is 0 Å². The number of primary sulfonamides is 1. The summed E-state index contributed by atoms with van der Waals surface area (Å²) in [7, 11) is -3.79. The Hall–Kier alpha value is -1.61. The first-order valence-corrected chi connectivity index (χ1v) is 9.13. The molecule has 0 spiro atoms. The molecule has 1 aromatic heterocycles. The van der Waals surface area contributed by atoms with Crippen molar-refractivity contribution in [1.82, 2.24) is 14.7 Å². The van der Waals surface area contributed by atoms with Crippen molar-refractivity contribution in [3.63, 3.8) is 0 Å². The van der Waals surface area contributed by atoms with Crippen molar-refractivity contribution in [2.75, 3.05) is 6.54 Å². The first-order chi connectivity index (χ1) is 10.5. The van der Waals surface area contributed by atoms with Crippen LogP contribution in [-0.2, 0) is 16.6 Å². The molecule has 0 saturated carbocycles. The number of rotatable bonds is 5. The van der Waals surface area contributed by atoms with Gasteiger partial charge in [-0.2, -0.15) is 5.10 Å². The minimum atomic E-state index is -3.79. The summed E-state index contributed by atoms with van der Waals surface area (Å²) in [5, 5.41) is 18.3. The molecule has 8 nitrogen and oxygen atoms in total. The van der Waals surface area contributed by atoms with Crippen LogP contribution in [-0.4, -0.2) is 46.4 Å². The fraction of sp³-hybridized carbons (Fsp3) is 0.714.